The molecule has 3 unspecified atom stereocenters. The van der Waals surface area contributed by atoms with E-state index in [4.69, 9.17) is 4.74 Å². The Morgan fingerprint density at radius 3 is 2.39 bits per heavy atom. The number of fused-ring (bicyclic) bond motifs is 1. The number of morpholine rings is 1. The molecule has 2 aliphatic heterocycles. The molecule has 2 heterocycles. The van der Waals surface area contributed by atoms with Crippen LogP contribution in [0.2, 0.25) is 0 Å². The van der Waals surface area contributed by atoms with Crippen LogP contribution in [0.5, 0.6) is 0 Å². The molecule has 0 aliphatic carbocycles. The van der Waals surface area contributed by atoms with Crippen LogP contribution in [0, 0.1) is 6.92 Å². The van der Waals surface area contributed by atoms with Gasteiger partial charge in [-0.3, -0.25) is 4.79 Å². The van der Waals surface area contributed by atoms with Crippen molar-refractivity contribution in [3.8, 4) is 0 Å². The molecule has 2 aromatic rings. The van der Waals surface area contributed by atoms with Crippen molar-refractivity contribution >= 4 is 15.9 Å². The quantitative estimate of drug-likeness (QED) is 0.790. The number of ether oxygens (including phenoxy) is 1. The highest BCUT2D eigenvalue weighted by Gasteiger charge is 2.48. The Morgan fingerprint density at radius 1 is 1.04 bits per heavy atom. The summed E-state index contributed by atoms with van der Waals surface area (Å²) in [7, 11) is -3.63. The summed E-state index contributed by atoms with van der Waals surface area (Å²) < 4.78 is 33.3. The molecular formula is C21H24N2O4S. The molecule has 2 aromatic carbocycles. The van der Waals surface area contributed by atoms with Crippen LogP contribution in [0.15, 0.2) is 59.5 Å². The van der Waals surface area contributed by atoms with Crippen LogP contribution in [0.3, 0.4) is 0 Å². The number of nitrogens with zero attached hydrogens (tertiary/aromatic N) is 2. The van der Waals surface area contributed by atoms with Crippen molar-refractivity contribution in [2.75, 3.05) is 19.7 Å². The number of aryl methyl sites for hydroxylation is 1. The number of benzene rings is 2. The van der Waals surface area contributed by atoms with Crippen LogP contribution in [0.1, 0.15) is 24.1 Å². The third-order valence-electron chi connectivity index (χ3n) is 5.63. The van der Waals surface area contributed by atoms with E-state index >= 15 is 0 Å². The average molecular weight is 401 g/mol. The van der Waals surface area contributed by atoms with Gasteiger partial charge in [0.25, 0.3) is 0 Å². The van der Waals surface area contributed by atoms with E-state index in [0.29, 0.717) is 0 Å². The van der Waals surface area contributed by atoms with Crippen LogP contribution in [-0.4, -0.2) is 55.4 Å². The van der Waals surface area contributed by atoms with Crippen molar-refractivity contribution in [1.82, 2.24) is 9.21 Å². The predicted octanol–water partition coefficient (Wildman–Crippen LogP) is 2.36. The fourth-order valence-corrected chi connectivity index (χ4v) is 5.51. The van der Waals surface area contributed by atoms with Gasteiger partial charge in [0, 0.05) is 13.1 Å². The highest BCUT2D eigenvalue weighted by Crippen LogP contribution is 2.33. The van der Waals surface area contributed by atoms with Crippen molar-refractivity contribution in [3.05, 3.63) is 65.7 Å². The van der Waals surface area contributed by atoms with Gasteiger partial charge >= 0.3 is 0 Å². The number of amides is 1. The molecule has 2 saturated heterocycles. The first-order valence-electron chi connectivity index (χ1n) is 9.42. The Bertz CT molecular complexity index is 960. The van der Waals surface area contributed by atoms with E-state index in [1.54, 1.807) is 29.2 Å². The van der Waals surface area contributed by atoms with Gasteiger partial charge in [0.2, 0.25) is 15.9 Å². The molecule has 148 valence electrons. The van der Waals surface area contributed by atoms with Gasteiger partial charge in [-0.25, -0.2) is 8.42 Å². The van der Waals surface area contributed by atoms with E-state index in [9.17, 15) is 13.2 Å². The molecule has 4 rings (SSSR count). The monoisotopic (exact) mass is 400 g/mol. The van der Waals surface area contributed by atoms with Crippen molar-refractivity contribution in [1.29, 1.82) is 0 Å². The molecule has 0 spiro atoms. The Labute approximate surface area is 165 Å². The maximum atomic E-state index is 13.1. The maximum absolute atomic E-state index is 13.1. The summed E-state index contributed by atoms with van der Waals surface area (Å²) >= 11 is 0. The van der Waals surface area contributed by atoms with Gasteiger partial charge in [0.1, 0.15) is 6.61 Å². The second kappa shape index (κ2) is 7.31. The number of hydrogen-bond acceptors (Lipinski definition) is 4. The van der Waals surface area contributed by atoms with E-state index < -0.39 is 10.0 Å². The van der Waals surface area contributed by atoms with Gasteiger partial charge in [-0.05, 0) is 31.5 Å². The highest BCUT2D eigenvalue weighted by atomic mass is 32.2. The zero-order chi connectivity index (χ0) is 19.9. The number of hydrogen-bond donors (Lipinski definition) is 0. The lowest BCUT2D eigenvalue weighted by atomic mass is 10.0. The van der Waals surface area contributed by atoms with Gasteiger partial charge in [-0.15, -0.1) is 0 Å². The third kappa shape index (κ3) is 3.34. The largest absolute Gasteiger partial charge is 0.365 e. The molecular weight excluding hydrogens is 376 g/mol. The van der Waals surface area contributed by atoms with Crippen molar-refractivity contribution in [2.24, 2.45) is 0 Å². The Hall–Kier alpha value is -2.22. The SMILES string of the molecule is Cc1ccc(S(=O)(=O)N2CC3OCC(=O)N(C(C)c4ccccc4)C3C2)cc1. The minimum atomic E-state index is -3.63. The Balaban J connectivity index is 1.61. The standard InChI is InChI=1S/C21H24N2O4S/c1-15-8-10-18(11-9-15)28(25,26)22-12-19-20(13-22)27-14-21(24)23(19)16(2)17-6-4-3-5-7-17/h3-11,16,19-20H,12-14H2,1-2H3. The van der Waals surface area contributed by atoms with Crippen molar-refractivity contribution in [2.45, 2.75) is 36.9 Å². The number of rotatable bonds is 4. The van der Waals surface area contributed by atoms with E-state index in [1.807, 2.05) is 44.2 Å². The second-order valence-corrected chi connectivity index (χ2v) is 9.38. The van der Waals surface area contributed by atoms with Gasteiger partial charge in [0.15, 0.2) is 0 Å². The lowest BCUT2D eigenvalue weighted by Gasteiger charge is -2.40. The van der Waals surface area contributed by atoms with Crippen LogP contribution in [-0.2, 0) is 19.6 Å². The zero-order valence-electron chi connectivity index (χ0n) is 16.0. The van der Waals surface area contributed by atoms with E-state index in [0.717, 1.165) is 11.1 Å². The van der Waals surface area contributed by atoms with Crippen molar-refractivity contribution < 1.29 is 17.9 Å². The average Bonchev–Trinajstić information content (AvgIpc) is 3.13. The van der Waals surface area contributed by atoms with E-state index in [1.165, 1.54) is 4.31 Å². The van der Waals surface area contributed by atoms with Crippen LogP contribution >= 0.6 is 0 Å². The van der Waals surface area contributed by atoms with Gasteiger partial charge in [-0.2, -0.15) is 4.31 Å². The predicted molar refractivity (Wildman–Crippen MR) is 105 cm³/mol. The maximum Gasteiger partial charge on any atom is 0.249 e. The van der Waals surface area contributed by atoms with Gasteiger partial charge < -0.3 is 9.64 Å². The van der Waals surface area contributed by atoms with E-state index in [2.05, 4.69) is 0 Å². The van der Waals surface area contributed by atoms with E-state index in [-0.39, 0.29) is 48.7 Å². The minimum Gasteiger partial charge on any atom is -0.365 e. The first-order valence-corrected chi connectivity index (χ1v) is 10.9. The summed E-state index contributed by atoms with van der Waals surface area (Å²) in [6.07, 6.45) is -0.316. The number of carbonyl (C=O) groups is 1. The molecule has 0 saturated carbocycles. The molecule has 0 aromatic heterocycles. The summed E-state index contributed by atoms with van der Waals surface area (Å²) in [6.45, 7) is 4.38. The van der Waals surface area contributed by atoms with Crippen LogP contribution in [0.25, 0.3) is 0 Å². The summed E-state index contributed by atoms with van der Waals surface area (Å²) in [5, 5.41) is 0. The molecule has 0 radical (unpaired) electrons. The molecule has 1 amide bonds. The van der Waals surface area contributed by atoms with Gasteiger partial charge in [0.05, 0.1) is 23.1 Å². The molecule has 0 N–H and O–H groups in total. The van der Waals surface area contributed by atoms with Crippen LogP contribution < -0.4 is 0 Å². The third-order valence-corrected chi connectivity index (χ3v) is 7.47. The fourth-order valence-electron chi connectivity index (χ4n) is 4.04. The Morgan fingerprint density at radius 2 is 1.71 bits per heavy atom. The van der Waals surface area contributed by atoms with Gasteiger partial charge in [-0.1, -0.05) is 48.0 Å². The molecule has 2 aliphatic rings. The first kappa shape index (κ1) is 19.1. The smallest absolute Gasteiger partial charge is 0.249 e. The molecule has 0 bridgehead atoms. The number of carbonyl (C=O) groups excluding carboxylic acids is 1. The topological polar surface area (TPSA) is 66.9 Å². The molecule has 6 nitrogen and oxygen atoms in total. The molecule has 2 fully saturated rings. The van der Waals surface area contributed by atoms with Crippen LogP contribution in [0.4, 0.5) is 0 Å². The summed E-state index contributed by atoms with van der Waals surface area (Å²) in [5.41, 5.74) is 2.03. The zero-order valence-corrected chi connectivity index (χ0v) is 16.8. The molecule has 3 atom stereocenters. The fraction of sp³-hybridized carbons (Fsp3) is 0.381. The lowest BCUT2D eigenvalue weighted by Crippen LogP contribution is -2.54. The summed E-state index contributed by atoms with van der Waals surface area (Å²) in [4.78, 5) is 14.7. The van der Waals surface area contributed by atoms with Crippen molar-refractivity contribution in [3.63, 3.8) is 0 Å². The first-order chi connectivity index (χ1) is 13.4. The summed E-state index contributed by atoms with van der Waals surface area (Å²) in [6, 6.07) is 16.2. The lowest BCUT2D eigenvalue weighted by molar-refractivity contribution is -0.156. The second-order valence-electron chi connectivity index (χ2n) is 7.44. The summed E-state index contributed by atoms with van der Waals surface area (Å²) in [5.74, 6) is -0.104. The molecule has 28 heavy (non-hydrogen) atoms. The molecule has 7 heteroatoms. The normalized spacial score (nSPS) is 24.2. The Kier molecular flexibility index (Phi) is 4.99. The minimum absolute atomic E-state index is 0.0171. The number of sulfonamides is 1. The highest BCUT2D eigenvalue weighted by molar-refractivity contribution is 7.89.